The molecule has 0 bridgehead atoms. The van der Waals surface area contributed by atoms with E-state index in [1.807, 2.05) is 35.2 Å². The second-order valence-corrected chi connectivity index (χ2v) is 7.65. The molecule has 0 spiro atoms. The molecule has 1 atom stereocenters. The van der Waals surface area contributed by atoms with Gasteiger partial charge in [-0.15, -0.1) is 0 Å². The van der Waals surface area contributed by atoms with Crippen molar-refractivity contribution < 1.29 is 14.4 Å². The van der Waals surface area contributed by atoms with Crippen molar-refractivity contribution in [3.8, 4) is 0 Å². The van der Waals surface area contributed by atoms with Gasteiger partial charge in [0, 0.05) is 36.8 Å². The van der Waals surface area contributed by atoms with E-state index in [1.54, 1.807) is 24.3 Å². The van der Waals surface area contributed by atoms with Crippen molar-refractivity contribution in [1.82, 2.24) is 10.2 Å². The number of anilines is 1. The van der Waals surface area contributed by atoms with E-state index in [4.69, 9.17) is 0 Å². The second kappa shape index (κ2) is 10.1. The largest absolute Gasteiger partial charge is 0.348 e. The van der Waals surface area contributed by atoms with Crippen LogP contribution in [0.4, 0.5) is 5.69 Å². The maximum absolute atomic E-state index is 12.6. The van der Waals surface area contributed by atoms with Gasteiger partial charge in [-0.05, 0) is 42.7 Å². The topological polar surface area (TPSA) is 78.5 Å². The number of rotatable bonds is 8. The molecule has 1 aliphatic rings. The Kier molecular flexibility index (Phi) is 7.22. The highest BCUT2D eigenvalue weighted by Crippen LogP contribution is 2.24. The first kappa shape index (κ1) is 21.6. The maximum Gasteiger partial charge on any atom is 0.251 e. The normalized spacial score (nSPS) is 16.0. The highest BCUT2D eigenvalue weighted by molar-refractivity contribution is 5.98. The molecule has 30 heavy (non-hydrogen) atoms. The van der Waals surface area contributed by atoms with Crippen LogP contribution in [-0.2, 0) is 16.1 Å². The minimum absolute atomic E-state index is 0.0503. The fourth-order valence-corrected chi connectivity index (χ4v) is 3.82. The Morgan fingerprint density at radius 2 is 1.70 bits per heavy atom. The molecule has 1 aliphatic heterocycles. The van der Waals surface area contributed by atoms with Crippen LogP contribution in [0.25, 0.3) is 0 Å². The van der Waals surface area contributed by atoms with E-state index in [0.717, 1.165) is 18.4 Å². The van der Waals surface area contributed by atoms with E-state index in [-0.39, 0.29) is 36.1 Å². The lowest BCUT2D eigenvalue weighted by Gasteiger charge is -2.26. The zero-order valence-electron chi connectivity index (χ0n) is 17.6. The third-order valence-corrected chi connectivity index (χ3v) is 5.62. The first-order valence-electron chi connectivity index (χ1n) is 10.5. The first-order chi connectivity index (χ1) is 14.5. The molecule has 0 saturated carbocycles. The molecule has 2 aromatic rings. The van der Waals surface area contributed by atoms with Gasteiger partial charge < -0.3 is 15.5 Å². The molecular formula is C24H29N3O3. The number of nitrogens with zero attached hydrogens (tertiary/aromatic N) is 1. The molecule has 0 aliphatic carbocycles. The first-order valence-corrected chi connectivity index (χ1v) is 10.5. The summed E-state index contributed by atoms with van der Waals surface area (Å²) in [7, 11) is 0. The fourth-order valence-electron chi connectivity index (χ4n) is 3.82. The van der Waals surface area contributed by atoms with Crippen LogP contribution in [-0.4, -0.2) is 35.2 Å². The van der Waals surface area contributed by atoms with Crippen LogP contribution < -0.4 is 10.6 Å². The number of carbonyl (C=O) groups excluding carboxylic acids is 3. The van der Waals surface area contributed by atoms with Gasteiger partial charge in [0.2, 0.25) is 11.8 Å². The van der Waals surface area contributed by atoms with Crippen molar-refractivity contribution in [2.45, 2.75) is 45.7 Å². The van der Waals surface area contributed by atoms with Crippen molar-refractivity contribution in [3.05, 3.63) is 65.7 Å². The number of nitrogens with one attached hydrogen (secondary N) is 2. The SMILES string of the molecule is CCC(CC)N1CC(C(=O)Nc2ccc(C(=O)NCc3ccccc3)cc2)CC1=O. The number of amides is 3. The average molecular weight is 408 g/mol. The zero-order chi connectivity index (χ0) is 21.5. The predicted molar refractivity (Wildman–Crippen MR) is 117 cm³/mol. The van der Waals surface area contributed by atoms with Crippen molar-refractivity contribution in [3.63, 3.8) is 0 Å². The van der Waals surface area contributed by atoms with Gasteiger partial charge in [0.05, 0.1) is 5.92 Å². The summed E-state index contributed by atoms with van der Waals surface area (Å²) in [6.07, 6.45) is 2.04. The predicted octanol–water partition coefficient (Wildman–Crippen LogP) is 3.59. The molecule has 6 heteroatoms. The van der Waals surface area contributed by atoms with E-state index in [1.165, 1.54) is 0 Å². The van der Waals surface area contributed by atoms with Crippen LogP contribution in [0, 0.1) is 5.92 Å². The Morgan fingerprint density at radius 3 is 2.33 bits per heavy atom. The van der Waals surface area contributed by atoms with Gasteiger partial charge in [0.1, 0.15) is 0 Å². The van der Waals surface area contributed by atoms with Gasteiger partial charge in [-0.25, -0.2) is 0 Å². The lowest BCUT2D eigenvalue weighted by atomic mass is 10.1. The van der Waals surface area contributed by atoms with E-state index in [2.05, 4.69) is 24.5 Å². The third-order valence-electron chi connectivity index (χ3n) is 5.62. The Balaban J connectivity index is 1.53. The number of carbonyl (C=O) groups is 3. The fraction of sp³-hybridized carbons (Fsp3) is 0.375. The molecular weight excluding hydrogens is 378 g/mol. The Bertz CT molecular complexity index is 876. The monoisotopic (exact) mass is 407 g/mol. The van der Waals surface area contributed by atoms with E-state index < -0.39 is 0 Å². The summed E-state index contributed by atoms with van der Waals surface area (Å²) in [4.78, 5) is 39.0. The molecule has 1 unspecified atom stereocenters. The summed E-state index contributed by atoms with van der Waals surface area (Å²) in [6, 6.07) is 16.7. The quantitative estimate of drug-likeness (QED) is 0.702. The van der Waals surface area contributed by atoms with Gasteiger partial charge in [-0.2, -0.15) is 0 Å². The lowest BCUT2D eigenvalue weighted by Crippen LogP contribution is -2.36. The maximum atomic E-state index is 12.6. The summed E-state index contributed by atoms with van der Waals surface area (Å²) in [6.45, 7) is 5.05. The van der Waals surface area contributed by atoms with Crippen molar-refractivity contribution >= 4 is 23.4 Å². The van der Waals surface area contributed by atoms with Crippen LogP contribution in [0.1, 0.15) is 49.0 Å². The highest BCUT2D eigenvalue weighted by atomic mass is 16.2. The Hall–Kier alpha value is -3.15. The Labute approximate surface area is 177 Å². The number of benzene rings is 2. The van der Waals surface area contributed by atoms with Crippen molar-refractivity contribution in [2.75, 3.05) is 11.9 Å². The van der Waals surface area contributed by atoms with E-state index in [9.17, 15) is 14.4 Å². The number of likely N-dealkylation sites (tertiary alicyclic amines) is 1. The molecule has 2 N–H and O–H groups in total. The molecule has 1 heterocycles. The molecule has 158 valence electrons. The van der Waals surface area contributed by atoms with Crippen LogP contribution in [0.3, 0.4) is 0 Å². The van der Waals surface area contributed by atoms with Gasteiger partial charge in [0.25, 0.3) is 5.91 Å². The van der Waals surface area contributed by atoms with Gasteiger partial charge in [-0.1, -0.05) is 44.2 Å². The second-order valence-electron chi connectivity index (χ2n) is 7.65. The van der Waals surface area contributed by atoms with Gasteiger partial charge in [0.15, 0.2) is 0 Å². The zero-order valence-corrected chi connectivity index (χ0v) is 17.6. The summed E-state index contributed by atoms with van der Waals surface area (Å²) in [5.41, 5.74) is 2.18. The van der Waals surface area contributed by atoms with Crippen LogP contribution >= 0.6 is 0 Å². The van der Waals surface area contributed by atoms with Crippen LogP contribution in [0.2, 0.25) is 0 Å². The minimum atomic E-state index is -0.341. The highest BCUT2D eigenvalue weighted by Gasteiger charge is 2.36. The smallest absolute Gasteiger partial charge is 0.251 e. The summed E-state index contributed by atoms with van der Waals surface area (Å²) in [5, 5.41) is 5.76. The minimum Gasteiger partial charge on any atom is -0.348 e. The van der Waals surface area contributed by atoms with Gasteiger partial charge >= 0.3 is 0 Å². The van der Waals surface area contributed by atoms with E-state index >= 15 is 0 Å². The number of hydrogen-bond acceptors (Lipinski definition) is 3. The lowest BCUT2D eigenvalue weighted by molar-refractivity contribution is -0.130. The molecule has 0 radical (unpaired) electrons. The molecule has 1 saturated heterocycles. The number of hydrogen-bond donors (Lipinski definition) is 2. The Morgan fingerprint density at radius 1 is 1.03 bits per heavy atom. The third kappa shape index (κ3) is 5.26. The molecule has 0 aromatic heterocycles. The van der Waals surface area contributed by atoms with Crippen molar-refractivity contribution in [1.29, 1.82) is 0 Å². The summed E-state index contributed by atoms with van der Waals surface area (Å²) in [5.74, 6) is -0.613. The van der Waals surface area contributed by atoms with E-state index in [0.29, 0.717) is 24.3 Å². The standard InChI is InChI=1S/C24H29N3O3/c1-3-21(4-2)27-16-19(14-22(27)28)24(30)26-20-12-10-18(11-13-20)23(29)25-15-17-8-6-5-7-9-17/h5-13,19,21H,3-4,14-16H2,1-2H3,(H,25,29)(H,26,30). The molecule has 3 amide bonds. The average Bonchev–Trinajstić information content (AvgIpc) is 3.16. The van der Waals surface area contributed by atoms with Gasteiger partial charge in [-0.3, -0.25) is 14.4 Å². The molecule has 3 rings (SSSR count). The molecule has 1 fully saturated rings. The molecule has 6 nitrogen and oxygen atoms in total. The van der Waals surface area contributed by atoms with Crippen molar-refractivity contribution in [2.24, 2.45) is 5.92 Å². The van der Waals surface area contributed by atoms with Crippen LogP contribution in [0.5, 0.6) is 0 Å². The van der Waals surface area contributed by atoms with Crippen LogP contribution in [0.15, 0.2) is 54.6 Å². The summed E-state index contributed by atoms with van der Waals surface area (Å²) >= 11 is 0. The summed E-state index contributed by atoms with van der Waals surface area (Å²) < 4.78 is 0. The molecule has 2 aromatic carbocycles.